The van der Waals surface area contributed by atoms with Gasteiger partial charge < -0.3 is 20.5 Å². The predicted octanol–water partition coefficient (Wildman–Crippen LogP) is 5.46. The lowest BCUT2D eigenvalue weighted by molar-refractivity contribution is -0.124. The van der Waals surface area contributed by atoms with Gasteiger partial charge in [-0.15, -0.1) is 11.8 Å². The Balaban J connectivity index is 1.33. The number of aromatic nitrogens is 1. The normalized spacial score (nSPS) is 16.6. The maximum absolute atomic E-state index is 14.3. The summed E-state index contributed by atoms with van der Waals surface area (Å²) in [5.41, 5.74) is 3.71. The number of para-hydroxylation sites is 2. The van der Waals surface area contributed by atoms with Crippen molar-refractivity contribution in [1.82, 2.24) is 15.6 Å². The summed E-state index contributed by atoms with van der Waals surface area (Å²) in [6, 6.07) is 35.3. The number of hydrogen-bond donors (Lipinski definition) is 3. The first-order chi connectivity index (χ1) is 20.1. The van der Waals surface area contributed by atoms with Gasteiger partial charge in [-0.25, -0.2) is 0 Å². The smallest absolute Gasteiger partial charge is 0.268 e. The second-order valence-corrected chi connectivity index (χ2v) is 11.0. The lowest BCUT2D eigenvalue weighted by Gasteiger charge is -2.28. The lowest BCUT2D eigenvalue weighted by atomic mass is 10.0. The number of hydrogen-bond acceptors (Lipinski definition) is 4. The van der Waals surface area contributed by atoms with Gasteiger partial charge >= 0.3 is 0 Å². The molecule has 2 heterocycles. The number of fused-ring (bicyclic) bond motifs is 2. The van der Waals surface area contributed by atoms with Gasteiger partial charge in [-0.1, -0.05) is 91.0 Å². The summed E-state index contributed by atoms with van der Waals surface area (Å²) in [4.78, 5) is 46.6. The number of benzene rings is 4. The first-order valence-corrected chi connectivity index (χ1v) is 14.3. The molecule has 0 saturated heterocycles. The molecule has 6 rings (SSSR count). The molecular formula is C33H28N4O3S. The molecule has 0 unspecified atom stereocenters. The molecule has 8 heteroatoms. The monoisotopic (exact) mass is 560 g/mol. The topological polar surface area (TPSA) is 94.3 Å². The molecule has 3 amide bonds. The minimum Gasteiger partial charge on any atom is -0.351 e. The van der Waals surface area contributed by atoms with E-state index in [-0.39, 0.29) is 24.3 Å². The maximum atomic E-state index is 14.3. The Morgan fingerprint density at radius 3 is 2.29 bits per heavy atom. The second kappa shape index (κ2) is 11.7. The van der Waals surface area contributed by atoms with E-state index in [0.717, 1.165) is 26.9 Å². The van der Waals surface area contributed by atoms with Crippen LogP contribution in [0.25, 0.3) is 10.9 Å². The summed E-state index contributed by atoms with van der Waals surface area (Å²) in [6.45, 7) is 0.175. The van der Waals surface area contributed by atoms with Crippen molar-refractivity contribution in [1.29, 1.82) is 0 Å². The van der Waals surface area contributed by atoms with Crippen LogP contribution in [0, 0.1) is 0 Å². The summed E-state index contributed by atoms with van der Waals surface area (Å²) >= 11 is 1.51. The van der Waals surface area contributed by atoms with Crippen LogP contribution in [0.1, 0.15) is 26.9 Å². The van der Waals surface area contributed by atoms with Gasteiger partial charge in [0.15, 0.2) is 0 Å². The highest BCUT2D eigenvalue weighted by Gasteiger charge is 2.40. The van der Waals surface area contributed by atoms with Gasteiger partial charge in [0.1, 0.15) is 18.3 Å². The minimum absolute atomic E-state index is 0.177. The van der Waals surface area contributed by atoms with Gasteiger partial charge in [0.25, 0.3) is 11.8 Å². The molecule has 0 saturated carbocycles. The van der Waals surface area contributed by atoms with E-state index < -0.39 is 11.3 Å². The molecule has 5 aromatic rings. The van der Waals surface area contributed by atoms with Crippen molar-refractivity contribution in [2.75, 3.05) is 11.4 Å². The van der Waals surface area contributed by atoms with Gasteiger partial charge in [0.05, 0.1) is 10.9 Å². The van der Waals surface area contributed by atoms with Crippen LogP contribution in [0.4, 0.5) is 5.69 Å². The third-order valence-corrected chi connectivity index (χ3v) is 8.47. The SMILES string of the molecule is O=C(CN1C(=O)[C@@H](NC(=O)c2cc3ccccc3[nH]2)[C@@H](c2ccccc2)Sc2ccccc21)NCc1ccccc1. The van der Waals surface area contributed by atoms with Crippen LogP contribution < -0.4 is 15.5 Å². The molecule has 1 aliphatic rings. The molecule has 4 aromatic carbocycles. The fourth-order valence-electron chi connectivity index (χ4n) is 5.02. The zero-order chi connectivity index (χ0) is 28.2. The van der Waals surface area contributed by atoms with Crippen LogP contribution in [0.5, 0.6) is 0 Å². The number of carbonyl (C=O) groups excluding carboxylic acids is 3. The first-order valence-electron chi connectivity index (χ1n) is 13.4. The fraction of sp³-hybridized carbons (Fsp3) is 0.121. The number of anilines is 1. The molecule has 0 bridgehead atoms. The largest absolute Gasteiger partial charge is 0.351 e. The molecule has 0 fully saturated rings. The second-order valence-electron chi connectivity index (χ2n) is 9.82. The summed E-state index contributed by atoms with van der Waals surface area (Å²) in [6.07, 6.45) is 0. The third-order valence-electron chi connectivity index (χ3n) is 7.07. The van der Waals surface area contributed by atoms with E-state index in [0.29, 0.717) is 17.9 Å². The lowest BCUT2D eigenvalue weighted by Crippen LogP contribution is -2.52. The standard InChI is InChI=1S/C33H28N4O3S/c38-29(34-20-22-11-3-1-4-12-22)21-37-27-17-9-10-18-28(27)41-31(23-13-5-2-6-14-23)30(33(37)40)36-32(39)26-19-24-15-7-8-16-25(24)35-26/h1-19,30-31,35H,20-21H2,(H,34,38)(H,36,39)/t30-,31+/m0/s1. The predicted molar refractivity (Wildman–Crippen MR) is 162 cm³/mol. The van der Waals surface area contributed by atoms with Crippen molar-refractivity contribution in [3.8, 4) is 0 Å². The Morgan fingerprint density at radius 2 is 1.51 bits per heavy atom. The number of amides is 3. The van der Waals surface area contributed by atoms with Gasteiger partial charge in [-0.3, -0.25) is 14.4 Å². The Bertz CT molecular complexity index is 1670. The zero-order valence-electron chi connectivity index (χ0n) is 22.1. The summed E-state index contributed by atoms with van der Waals surface area (Å²) < 4.78 is 0. The van der Waals surface area contributed by atoms with Crippen molar-refractivity contribution in [2.45, 2.75) is 22.7 Å². The molecule has 1 aromatic heterocycles. The molecule has 1 aliphatic heterocycles. The van der Waals surface area contributed by atoms with Crippen molar-refractivity contribution in [3.05, 3.63) is 132 Å². The number of thioether (sulfide) groups is 1. The highest BCUT2D eigenvalue weighted by molar-refractivity contribution is 7.99. The zero-order valence-corrected chi connectivity index (χ0v) is 22.9. The van der Waals surface area contributed by atoms with Crippen LogP contribution in [0.3, 0.4) is 0 Å². The number of carbonyl (C=O) groups is 3. The van der Waals surface area contributed by atoms with Crippen LogP contribution in [-0.4, -0.2) is 35.3 Å². The van der Waals surface area contributed by atoms with E-state index in [2.05, 4.69) is 15.6 Å². The van der Waals surface area contributed by atoms with Gasteiger partial charge in [-0.05, 0) is 35.4 Å². The number of H-pyrrole nitrogens is 1. The van der Waals surface area contributed by atoms with E-state index in [1.54, 1.807) is 6.07 Å². The number of nitrogens with zero attached hydrogens (tertiary/aromatic N) is 1. The minimum atomic E-state index is -0.935. The molecular weight excluding hydrogens is 532 g/mol. The molecule has 0 spiro atoms. The Kier molecular flexibility index (Phi) is 7.56. The van der Waals surface area contributed by atoms with E-state index in [9.17, 15) is 14.4 Å². The van der Waals surface area contributed by atoms with Gasteiger partial charge in [-0.2, -0.15) is 0 Å². The highest BCUT2D eigenvalue weighted by atomic mass is 32.2. The summed E-state index contributed by atoms with van der Waals surface area (Å²) in [5, 5.41) is 6.43. The molecule has 0 radical (unpaired) electrons. The first kappa shape index (κ1) is 26.4. The van der Waals surface area contributed by atoms with Crippen LogP contribution in [0.15, 0.2) is 120 Å². The van der Waals surface area contributed by atoms with Gasteiger partial charge in [0.2, 0.25) is 5.91 Å². The van der Waals surface area contributed by atoms with Crippen molar-refractivity contribution in [3.63, 3.8) is 0 Å². The van der Waals surface area contributed by atoms with Crippen LogP contribution in [-0.2, 0) is 16.1 Å². The van der Waals surface area contributed by atoms with E-state index >= 15 is 0 Å². The summed E-state index contributed by atoms with van der Waals surface area (Å²) in [7, 11) is 0. The Labute approximate surface area is 242 Å². The quantitative estimate of drug-likeness (QED) is 0.246. The summed E-state index contributed by atoms with van der Waals surface area (Å²) in [5.74, 6) is -1.03. The molecule has 0 aliphatic carbocycles. The van der Waals surface area contributed by atoms with Crippen molar-refractivity contribution < 1.29 is 14.4 Å². The average molecular weight is 561 g/mol. The Morgan fingerprint density at radius 1 is 0.829 bits per heavy atom. The van der Waals surface area contributed by atoms with E-state index in [4.69, 9.17) is 0 Å². The Hall–Kier alpha value is -4.82. The molecule has 3 N–H and O–H groups in total. The third kappa shape index (κ3) is 5.73. The highest BCUT2D eigenvalue weighted by Crippen LogP contribution is 2.45. The number of nitrogens with one attached hydrogen (secondary N) is 3. The fourth-order valence-corrected chi connectivity index (χ4v) is 6.36. The van der Waals surface area contributed by atoms with Crippen LogP contribution >= 0.6 is 11.8 Å². The number of rotatable bonds is 7. The molecule has 2 atom stereocenters. The molecule has 41 heavy (non-hydrogen) atoms. The van der Waals surface area contributed by atoms with E-state index in [1.165, 1.54) is 16.7 Å². The maximum Gasteiger partial charge on any atom is 0.268 e. The van der Waals surface area contributed by atoms with Crippen molar-refractivity contribution in [2.24, 2.45) is 0 Å². The number of aromatic amines is 1. The van der Waals surface area contributed by atoms with Crippen LogP contribution in [0.2, 0.25) is 0 Å². The van der Waals surface area contributed by atoms with E-state index in [1.807, 2.05) is 109 Å². The molecule has 204 valence electrons. The van der Waals surface area contributed by atoms with Gasteiger partial charge in [0, 0.05) is 22.3 Å². The average Bonchev–Trinajstić information content (AvgIpc) is 3.42. The van der Waals surface area contributed by atoms with Crippen molar-refractivity contribution >= 4 is 46.1 Å². The molecule has 7 nitrogen and oxygen atoms in total.